The van der Waals surface area contributed by atoms with Crippen molar-refractivity contribution in [1.29, 1.82) is 0 Å². The van der Waals surface area contributed by atoms with E-state index in [-0.39, 0.29) is 5.76 Å². The third-order valence-corrected chi connectivity index (χ3v) is 0.663. The summed E-state index contributed by atoms with van der Waals surface area (Å²) in [5.74, 6) is -0.782. The van der Waals surface area contributed by atoms with Gasteiger partial charge in [0.1, 0.15) is 12.4 Å². The summed E-state index contributed by atoms with van der Waals surface area (Å²) in [5, 5.41) is 8.27. The Bertz CT molecular complexity index is 174. The predicted molar refractivity (Wildman–Crippen MR) is 32.6 cm³/mol. The molecule has 0 fully saturated rings. The Kier molecular flexibility index (Phi) is 3.35. The van der Waals surface area contributed by atoms with Crippen molar-refractivity contribution in [3.63, 3.8) is 0 Å². The molecule has 0 aromatic rings. The van der Waals surface area contributed by atoms with Gasteiger partial charge in [0, 0.05) is 0 Å². The van der Waals surface area contributed by atoms with Gasteiger partial charge in [-0.05, 0) is 6.58 Å². The molecule has 0 saturated carbocycles. The van der Waals surface area contributed by atoms with Crippen LogP contribution in [-0.2, 0) is 9.53 Å². The van der Waals surface area contributed by atoms with Crippen LogP contribution >= 0.6 is 0 Å². The van der Waals surface area contributed by atoms with Gasteiger partial charge < -0.3 is 9.84 Å². The predicted octanol–water partition coefficient (Wildman–Crippen LogP) is 0.519. The molecule has 56 valence electrons. The topological polar surface area (TPSA) is 46.5 Å². The van der Waals surface area contributed by atoms with Crippen molar-refractivity contribution in [3.8, 4) is 0 Å². The lowest BCUT2D eigenvalue weighted by molar-refractivity contribution is -0.128. The second-order valence-electron chi connectivity index (χ2n) is 1.50. The maximum Gasteiger partial charge on any atom is 0.366 e. The average Bonchev–Trinajstić information content (AvgIpc) is 1.87. The van der Waals surface area contributed by atoms with E-state index in [4.69, 9.17) is 5.11 Å². The van der Waals surface area contributed by atoms with Gasteiger partial charge in [0.15, 0.2) is 5.76 Å². The second-order valence-corrected chi connectivity index (χ2v) is 1.50. The summed E-state index contributed by atoms with van der Waals surface area (Å²) in [6, 6.07) is -1.77. The van der Waals surface area contributed by atoms with Crippen LogP contribution in [0.15, 0.2) is 24.7 Å². The van der Waals surface area contributed by atoms with E-state index in [0.717, 1.165) is 0 Å². The largest absolute Gasteiger partial charge is 0.454 e. The molecule has 0 aliphatic heterocycles. The Balaban J connectivity index is 3.80. The molecule has 4 heteroatoms. The summed E-state index contributed by atoms with van der Waals surface area (Å²) in [6.07, 6.45) is 0. The number of halogens is 1. The summed E-state index contributed by atoms with van der Waals surface area (Å²) in [5.41, 5.74) is 0. The Morgan fingerprint density at radius 3 is 2.40 bits per heavy atom. The van der Waals surface area contributed by atoms with E-state index in [0.29, 0.717) is 0 Å². The minimum absolute atomic E-state index is 0.115. The number of hydrogen-bond acceptors (Lipinski definition) is 3. The molecule has 0 heterocycles. The van der Waals surface area contributed by atoms with Crippen LogP contribution in [0.2, 0.25) is 0 Å². The Labute approximate surface area is 57.4 Å². The van der Waals surface area contributed by atoms with Crippen molar-refractivity contribution in [3.05, 3.63) is 24.7 Å². The van der Waals surface area contributed by atoms with Gasteiger partial charge in [-0.3, -0.25) is 4.79 Å². The number of allylic oxidation sites excluding steroid dienone is 1. The zero-order chi connectivity index (χ0) is 8.15. The minimum Gasteiger partial charge on any atom is -0.454 e. The quantitative estimate of drug-likeness (QED) is 0.357. The standard InChI is InChI=1S/C6H7FO3/c1-4(3-8)10-5(2)6(7)9/h8H,1-3H2. The van der Waals surface area contributed by atoms with Gasteiger partial charge in [0.05, 0.1) is 0 Å². The lowest BCUT2D eigenvalue weighted by atomic mass is 10.5. The molecule has 0 bridgehead atoms. The van der Waals surface area contributed by atoms with Crippen LogP contribution in [0.5, 0.6) is 0 Å². The maximum atomic E-state index is 11.6. The van der Waals surface area contributed by atoms with Crippen LogP contribution in [0.3, 0.4) is 0 Å². The number of hydrogen-bond donors (Lipinski definition) is 1. The minimum atomic E-state index is -1.77. The van der Waals surface area contributed by atoms with Gasteiger partial charge >= 0.3 is 6.04 Å². The molecule has 0 aliphatic rings. The molecule has 3 nitrogen and oxygen atoms in total. The van der Waals surface area contributed by atoms with E-state index in [1.807, 2.05) is 0 Å². The van der Waals surface area contributed by atoms with Crippen molar-refractivity contribution < 1.29 is 19.0 Å². The molecule has 0 amide bonds. The van der Waals surface area contributed by atoms with Gasteiger partial charge in [0.2, 0.25) is 0 Å². The number of carbonyl (C=O) groups excluding carboxylic acids is 1. The Hall–Kier alpha value is -1.16. The van der Waals surface area contributed by atoms with E-state index < -0.39 is 18.4 Å². The smallest absolute Gasteiger partial charge is 0.366 e. The van der Waals surface area contributed by atoms with Gasteiger partial charge in [-0.15, -0.1) is 0 Å². The fraction of sp³-hybridized carbons (Fsp3) is 0.167. The van der Waals surface area contributed by atoms with Crippen LogP contribution in [0, 0.1) is 0 Å². The van der Waals surface area contributed by atoms with Crippen molar-refractivity contribution in [2.45, 2.75) is 0 Å². The Morgan fingerprint density at radius 1 is 1.60 bits per heavy atom. The molecular weight excluding hydrogens is 139 g/mol. The van der Waals surface area contributed by atoms with E-state index in [1.54, 1.807) is 0 Å². The summed E-state index contributed by atoms with van der Waals surface area (Å²) < 4.78 is 15.9. The third-order valence-electron chi connectivity index (χ3n) is 0.663. The maximum absolute atomic E-state index is 11.6. The fourth-order valence-electron chi connectivity index (χ4n) is 0.247. The lowest BCUT2D eigenvalue weighted by Gasteiger charge is -2.02. The number of aliphatic hydroxyl groups excluding tert-OH is 1. The second kappa shape index (κ2) is 3.79. The van der Waals surface area contributed by atoms with Gasteiger partial charge in [0.25, 0.3) is 0 Å². The summed E-state index contributed by atoms with van der Waals surface area (Å²) in [7, 11) is 0. The number of rotatable bonds is 4. The zero-order valence-corrected chi connectivity index (χ0v) is 5.26. The molecular formula is C6H7FO3. The third kappa shape index (κ3) is 2.99. The summed E-state index contributed by atoms with van der Waals surface area (Å²) in [4.78, 5) is 9.78. The van der Waals surface area contributed by atoms with E-state index >= 15 is 0 Å². The van der Waals surface area contributed by atoms with Crippen LogP contribution in [-0.4, -0.2) is 17.8 Å². The van der Waals surface area contributed by atoms with Crippen LogP contribution in [0.25, 0.3) is 0 Å². The van der Waals surface area contributed by atoms with Crippen molar-refractivity contribution in [2.24, 2.45) is 0 Å². The van der Waals surface area contributed by atoms with Gasteiger partial charge in [-0.2, -0.15) is 4.39 Å². The highest BCUT2D eigenvalue weighted by molar-refractivity contribution is 5.84. The highest BCUT2D eigenvalue weighted by Gasteiger charge is 2.06. The molecule has 0 aromatic heterocycles. The summed E-state index contributed by atoms with van der Waals surface area (Å²) in [6.45, 7) is 5.60. The van der Waals surface area contributed by atoms with Crippen LogP contribution in [0.4, 0.5) is 4.39 Å². The average molecular weight is 146 g/mol. The van der Waals surface area contributed by atoms with Crippen molar-refractivity contribution >= 4 is 6.04 Å². The fourth-order valence-corrected chi connectivity index (χ4v) is 0.247. The van der Waals surface area contributed by atoms with Gasteiger partial charge in [-0.1, -0.05) is 6.58 Å². The first-order chi connectivity index (χ1) is 4.57. The highest BCUT2D eigenvalue weighted by atomic mass is 19.1. The van der Waals surface area contributed by atoms with Crippen molar-refractivity contribution in [1.82, 2.24) is 0 Å². The normalized spacial score (nSPS) is 8.60. The number of ether oxygens (including phenoxy) is 1. The van der Waals surface area contributed by atoms with E-state index in [1.165, 1.54) is 0 Å². The molecule has 0 atom stereocenters. The molecule has 0 aromatic carbocycles. The zero-order valence-electron chi connectivity index (χ0n) is 5.26. The molecule has 0 saturated heterocycles. The highest BCUT2D eigenvalue weighted by Crippen LogP contribution is 2.02. The van der Waals surface area contributed by atoms with E-state index in [9.17, 15) is 9.18 Å². The summed E-state index contributed by atoms with van der Waals surface area (Å²) >= 11 is 0. The Morgan fingerprint density at radius 2 is 2.10 bits per heavy atom. The molecule has 1 N–H and O–H groups in total. The molecule has 10 heavy (non-hydrogen) atoms. The first-order valence-electron chi connectivity index (χ1n) is 2.43. The van der Waals surface area contributed by atoms with Crippen molar-refractivity contribution in [2.75, 3.05) is 6.61 Å². The lowest BCUT2D eigenvalue weighted by Crippen LogP contribution is -2.00. The van der Waals surface area contributed by atoms with Crippen LogP contribution in [0.1, 0.15) is 0 Å². The van der Waals surface area contributed by atoms with Crippen LogP contribution < -0.4 is 0 Å². The van der Waals surface area contributed by atoms with E-state index in [2.05, 4.69) is 17.9 Å². The number of aliphatic hydroxyl groups is 1. The van der Waals surface area contributed by atoms with Gasteiger partial charge in [-0.25, -0.2) is 0 Å². The molecule has 0 aliphatic carbocycles. The molecule has 0 unspecified atom stereocenters. The molecule has 0 rings (SSSR count). The first-order valence-corrected chi connectivity index (χ1v) is 2.43. The molecule has 0 radical (unpaired) electrons. The monoisotopic (exact) mass is 146 g/mol. The molecule has 0 spiro atoms. The SMILES string of the molecule is C=C(CO)OC(=C)C(=O)F. The number of carbonyl (C=O) groups is 1. The first kappa shape index (κ1) is 8.84.